The molecule has 2 N–H and O–H groups in total. The Morgan fingerprint density at radius 3 is 2.50 bits per heavy atom. The van der Waals surface area contributed by atoms with Crippen molar-refractivity contribution >= 4 is 11.6 Å². The van der Waals surface area contributed by atoms with Crippen molar-refractivity contribution in [2.75, 3.05) is 12.4 Å². The number of aryl methyl sites for hydroxylation is 1. The van der Waals surface area contributed by atoms with Crippen molar-refractivity contribution in [3.63, 3.8) is 0 Å². The normalized spacial score (nSPS) is 15.2. The van der Waals surface area contributed by atoms with Crippen molar-refractivity contribution in [3.8, 4) is 11.5 Å². The molecular formula is C23H22N2O3. The molecule has 0 fully saturated rings. The van der Waals surface area contributed by atoms with E-state index >= 15 is 0 Å². The molecule has 0 bridgehead atoms. The molecule has 3 aromatic rings. The number of carbonyl (C=O) groups excluding carboxylic acids is 1. The zero-order valence-electron chi connectivity index (χ0n) is 15.9. The molecule has 142 valence electrons. The molecule has 3 aromatic carbocycles. The topological polar surface area (TPSA) is 59.6 Å². The molecule has 4 rings (SSSR count). The van der Waals surface area contributed by atoms with Gasteiger partial charge in [0.05, 0.1) is 12.7 Å². The minimum absolute atomic E-state index is 0.0991. The van der Waals surface area contributed by atoms with Crippen LogP contribution >= 0.6 is 0 Å². The van der Waals surface area contributed by atoms with Gasteiger partial charge in [0.15, 0.2) is 11.5 Å². The number of methoxy groups -OCH3 is 1. The van der Waals surface area contributed by atoms with E-state index in [0.29, 0.717) is 23.7 Å². The maximum absolute atomic E-state index is 12.4. The van der Waals surface area contributed by atoms with E-state index < -0.39 is 0 Å². The van der Waals surface area contributed by atoms with Crippen LogP contribution in [0, 0.1) is 6.92 Å². The second kappa shape index (κ2) is 7.64. The van der Waals surface area contributed by atoms with Gasteiger partial charge in [-0.1, -0.05) is 48.0 Å². The number of hydrogen-bond donors (Lipinski definition) is 2. The molecule has 28 heavy (non-hydrogen) atoms. The van der Waals surface area contributed by atoms with E-state index in [1.54, 1.807) is 13.2 Å². The summed E-state index contributed by atoms with van der Waals surface area (Å²) >= 11 is 0. The van der Waals surface area contributed by atoms with Crippen molar-refractivity contribution in [2.45, 2.75) is 19.7 Å². The highest BCUT2D eigenvalue weighted by molar-refractivity contribution is 6.01. The molecule has 5 nitrogen and oxygen atoms in total. The number of anilines is 1. The number of rotatable bonds is 5. The Morgan fingerprint density at radius 2 is 1.71 bits per heavy atom. The van der Waals surface area contributed by atoms with E-state index in [2.05, 4.69) is 41.8 Å². The molecule has 0 radical (unpaired) electrons. The van der Waals surface area contributed by atoms with Crippen LogP contribution in [0.25, 0.3) is 0 Å². The van der Waals surface area contributed by atoms with Crippen LogP contribution in [-0.2, 0) is 6.61 Å². The van der Waals surface area contributed by atoms with Crippen molar-refractivity contribution < 1.29 is 14.3 Å². The number of carbonyl (C=O) groups is 1. The van der Waals surface area contributed by atoms with Crippen LogP contribution < -0.4 is 20.1 Å². The van der Waals surface area contributed by atoms with Gasteiger partial charge in [-0.2, -0.15) is 0 Å². The van der Waals surface area contributed by atoms with Gasteiger partial charge >= 0.3 is 0 Å². The second-order valence-electron chi connectivity index (χ2n) is 6.78. The van der Waals surface area contributed by atoms with Crippen LogP contribution in [0.15, 0.2) is 66.7 Å². The molecule has 1 heterocycles. The lowest BCUT2D eigenvalue weighted by atomic mass is 10.1. The minimum Gasteiger partial charge on any atom is -0.493 e. The van der Waals surface area contributed by atoms with E-state index in [9.17, 15) is 4.79 Å². The Bertz CT molecular complexity index is 999. The van der Waals surface area contributed by atoms with Crippen molar-refractivity contribution in [3.05, 3.63) is 89.0 Å². The van der Waals surface area contributed by atoms with Crippen LogP contribution in [0.3, 0.4) is 0 Å². The first-order valence-electron chi connectivity index (χ1n) is 9.17. The van der Waals surface area contributed by atoms with E-state index in [1.165, 1.54) is 5.56 Å². The molecule has 1 amide bonds. The lowest BCUT2D eigenvalue weighted by Crippen LogP contribution is -2.38. The number of hydrogen-bond acceptors (Lipinski definition) is 4. The lowest BCUT2D eigenvalue weighted by Gasteiger charge is -2.28. The largest absolute Gasteiger partial charge is 0.493 e. The first-order chi connectivity index (χ1) is 13.6. The molecule has 0 saturated heterocycles. The summed E-state index contributed by atoms with van der Waals surface area (Å²) in [6.07, 6.45) is -0.331. The number of benzene rings is 3. The molecule has 1 atom stereocenters. The van der Waals surface area contributed by atoms with Gasteiger partial charge in [0.1, 0.15) is 12.8 Å². The highest BCUT2D eigenvalue weighted by Crippen LogP contribution is 2.33. The zero-order valence-corrected chi connectivity index (χ0v) is 15.9. The third-order valence-corrected chi connectivity index (χ3v) is 4.78. The Kier molecular flexibility index (Phi) is 4.89. The van der Waals surface area contributed by atoms with Crippen LogP contribution in [0.5, 0.6) is 11.5 Å². The summed E-state index contributed by atoms with van der Waals surface area (Å²) in [5, 5.41) is 6.33. The minimum atomic E-state index is -0.331. The molecule has 0 spiro atoms. The molecule has 1 unspecified atom stereocenters. The number of amides is 1. The Morgan fingerprint density at radius 1 is 0.929 bits per heavy atom. The Hall–Kier alpha value is -3.47. The summed E-state index contributed by atoms with van der Waals surface area (Å²) in [5.74, 6) is 1.19. The molecule has 5 heteroatoms. The molecule has 0 aromatic heterocycles. The average molecular weight is 374 g/mol. The van der Waals surface area contributed by atoms with Crippen LogP contribution in [0.2, 0.25) is 0 Å². The van der Waals surface area contributed by atoms with E-state index in [0.717, 1.165) is 16.8 Å². The molecule has 0 aliphatic carbocycles. The van der Waals surface area contributed by atoms with Gasteiger partial charge in [-0.3, -0.25) is 4.79 Å². The SMILES string of the molecule is COc1cc(C2NC(=O)c3ccccc3N2)ccc1OCc1ccc(C)cc1. The predicted molar refractivity (Wildman–Crippen MR) is 109 cm³/mol. The highest BCUT2D eigenvalue weighted by Gasteiger charge is 2.24. The monoisotopic (exact) mass is 374 g/mol. The first kappa shape index (κ1) is 17.9. The van der Waals surface area contributed by atoms with Gasteiger partial charge < -0.3 is 20.1 Å². The molecular weight excluding hydrogens is 352 g/mol. The van der Waals surface area contributed by atoms with Gasteiger partial charge in [0.2, 0.25) is 0 Å². The fourth-order valence-corrected chi connectivity index (χ4v) is 3.20. The zero-order chi connectivity index (χ0) is 19.5. The van der Waals surface area contributed by atoms with E-state index in [-0.39, 0.29) is 12.1 Å². The number of ether oxygens (including phenoxy) is 2. The van der Waals surface area contributed by atoms with Crippen molar-refractivity contribution in [1.82, 2.24) is 5.32 Å². The summed E-state index contributed by atoms with van der Waals surface area (Å²) in [5.41, 5.74) is 4.66. The summed E-state index contributed by atoms with van der Waals surface area (Å²) in [4.78, 5) is 12.4. The second-order valence-corrected chi connectivity index (χ2v) is 6.78. The van der Waals surface area contributed by atoms with Crippen molar-refractivity contribution in [2.24, 2.45) is 0 Å². The van der Waals surface area contributed by atoms with Crippen molar-refractivity contribution in [1.29, 1.82) is 0 Å². The summed E-state index contributed by atoms with van der Waals surface area (Å²) in [7, 11) is 1.61. The van der Waals surface area contributed by atoms with Gasteiger partial charge in [0, 0.05) is 5.69 Å². The molecule has 1 aliphatic heterocycles. The van der Waals surface area contributed by atoms with E-state index in [1.807, 2.05) is 36.4 Å². The Balaban J connectivity index is 1.52. The third-order valence-electron chi connectivity index (χ3n) is 4.78. The number of para-hydroxylation sites is 1. The average Bonchev–Trinajstić information content (AvgIpc) is 2.73. The summed E-state index contributed by atoms with van der Waals surface area (Å²) < 4.78 is 11.5. The maximum Gasteiger partial charge on any atom is 0.255 e. The fourth-order valence-electron chi connectivity index (χ4n) is 3.20. The van der Waals surface area contributed by atoms with E-state index in [4.69, 9.17) is 9.47 Å². The first-order valence-corrected chi connectivity index (χ1v) is 9.17. The Labute approximate surface area is 164 Å². The quantitative estimate of drug-likeness (QED) is 0.693. The van der Waals surface area contributed by atoms with Gasteiger partial charge in [-0.25, -0.2) is 0 Å². The highest BCUT2D eigenvalue weighted by atomic mass is 16.5. The third kappa shape index (κ3) is 3.64. The van der Waals surface area contributed by atoms with Gasteiger partial charge in [-0.15, -0.1) is 0 Å². The fraction of sp³-hybridized carbons (Fsp3) is 0.174. The van der Waals surface area contributed by atoms with Crippen LogP contribution in [0.4, 0.5) is 5.69 Å². The smallest absolute Gasteiger partial charge is 0.255 e. The van der Waals surface area contributed by atoms with Crippen LogP contribution in [0.1, 0.15) is 33.2 Å². The standard InChI is InChI=1S/C23H22N2O3/c1-15-7-9-16(10-8-15)14-28-20-12-11-17(13-21(20)27-2)22-24-19-6-4-3-5-18(19)23(26)25-22/h3-13,22,24H,14H2,1-2H3,(H,25,26). The summed E-state index contributed by atoms with van der Waals surface area (Å²) in [6.45, 7) is 2.52. The number of fused-ring (bicyclic) bond motifs is 1. The van der Waals surface area contributed by atoms with Gasteiger partial charge in [-0.05, 0) is 42.3 Å². The van der Waals surface area contributed by atoms with Gasteiger partial charge in [0.25, 0.3) is 5.91 Å². The number of nitrogens with one attached hydrogen (secondary N) is 2. The molecule has 0 saturated carbocycles. The lowest BCUT2D eigenvalue weighted by molar-refractivity contribution is 0.0935. The molecule has 1 aliphatic rings. The van der Waals surface area contributed by atoms with Crippen LogP contribution in [-0.4, -0.2) is 13.0 Å². The summed E-state index contributed by atoms with van der Waals surface area (Å²) in [6, 6.07) is 21.4. The predicted octanol–water partition coefficient (Wildman–Crippen LogP) is 4.44. The maximum atomic E-state index is 12.4.